The van der Waals surface area contributed by atoms with Crippen LogP contribution in [0.4, 0.5) is 0 Å². The first kappa shape index (κ1) is 27.8. The van der Waals surface area contributed by atoms with E-state index in [9.17, 15) is 4.79 Å². The van der Waals surface area contributed by atoms with E-state index in [2.05, 4.69) is 118 Å². The number of cyclic esters (lactones) is 1. The number of benzene rings is 2. The smallest absolute Gasteiger partial charge is 0.404 e. The highest BCUT2D eigenvalue weighted by atomic mass is 16.6. The van der Waals surface area contributed by atoms with Gasteiger partial charge in [0.2, 0.25) is 16.9 Å². The maximum absolute atomic E-state index is 13.3. The number of fused-ring (bicyclic) bond motifs is 6. The number of carbonyl (C=O) groups is 1. The van der Waals surface area contributed by atoms with E-state index in [1.165, 1.54) is 62.8 Å². The quantitative estimate of drug-likeness (QED) is 0.175. The molecule has 0 amide bonds. The second-order valence-electron chi connectivity index (χ2n) is 13.3. The van der Waals surface area contributed by atoms with Crippen LogP contribution in [0.15, 0.2) is 90.8 Å². The van der Waals surface area contributed by atoms with Crippen LogP contribution in [-0.4, -0.2) is 11.6 Å². The molecule has 7 rings (SSSR count). The zero-order valence-corrected chi connectivity index (χ0v) is 26.3. The maximum atomic E-state index is 13.3. The molecule has 0 radical (unpaired) electrons. The van der Waals surface area contributed by atoms with Gasteiger partial charge in [0.15, 0.2) is 18.0 Å². The fraction of sp³-hybridized carbons (Fsp3) is 0.359. The molecule has 0 bridgehead atoms. The van der Waals surface area contributed by atoms with Crippen LogP contribution in [0.1, 0.15) is 100 Å². The van der Waals surface area contributed by atoms with Crippen LogP contribution in [0.5, 0.6) is 0 Å². The number of nitrogens with zero attached hydrogens (tertiary/aromatic N) is 2. The zero-order valence-electron chi connectivity index (χ0n) is 26.3. The monoisotopic (exact) mass is 570 g/mol. The van der Waals surface area contributed by atoms with Crippen molar-refractivity contribution in [2.45, 2.75) is 90.2 Å². The molecule has 0 spiro atoms. The molecule has 43 heavy (non-hydrogen) atoms. The molecule has 4 heterocycles. The summed E-state index contributed by atoms with van der Waals surface area (Å²) < 4.78 is 11.0. The lowest BCUT2D eigenvalue weighted by Crippen LogP contribution is -2.73. The van der Waals surface area contributed by atoms with E-state index in [4.69, 9.17) is 4.74 Å². The molecule has 218 valence electrons. The zero-order chi connectivity index (χ0) is 30.1. The molecule has 0 N–H and O–H groups in total. The average molecular weight is 571 g/mol. The molecular weight excluding hydrogens is 528 g/mol. The maximum Gasteiger partial charge on any atom is 0.404 e. The number of hydrogen-bond donors (Lipinski definition) is 0. The lowest BCUT2D eigenvalue weighted by Gasteiger charge is -2.43. The van der Waals surface area contributed by atoms with Crippen molar-refractivity contribution < 1.29 is 18.7 Å². The molecule has 0 saturated heterocycles. The minimum atomic E-state index is -0.728. The van der Waals surface area contributed by atoms with Gasteiger partial charge in [-0.1, -0.05) is 77.4 Å². The molecule has 0 fully saturated rings. The van der Waals surface area contributed by atoms with Crippen LogP contribution in [0, 0.1) is 0 Å². The molecule has 4 nitrogen and oxygen atoms in total. The molecule has 4 aromatic rings. The second kappa shape index (κ2) is 9.74. The third-order valence-electron chi connectivity index (χ3n) is 10.6. The van der Waals surface area contributed by atoms with Gasteiger partial charge in [0.25, 0.3) is 5.69 Å². The number of allylic oxidation sites excluding steroid dienone is 2. The molecule has 2 atom stereocenters. The number of ether oxygens (including phenoxy) is 1. The van der Waals surface area contributed by atoms with Crippen molar-refractivity contribution in [3.05, 3.63) is 119 Å². The highest BCUT2D eigenvalue weighted by Gasteiger charge is 2.63. The molecule has 2 aromatic carbocycles. The lowest BCUT2D eigenvalue weighted by molar-refractivity contribution is -0.777. The average Bonchev–Trinajstić information content (AvgIpc) is 3.45. The molecule has 2 aromatic heterocycles. The highest BCUT2D eigenvalue weighted by Crippen LogP contribution is 2.55. The molecule has 2 aliphatic heterocycles. The van der Waals surface area contributed by atoms with E-state index < -0.39 is 11.1 Å². The third kappa shape index (κ3) is 3.78. The van der Waals surface area contributed by atoms with Crippen molar-refractivity contribution in [2.75, 3.05) is 0 Å². The normalized spacial score (nSPS) is 24.1. The summed E-state index contributed by atoms with van der Waals surface area (Å²) in [6, 6.07) is 24.0. The number of rotatable bonds is 6. The first-order valence-corrected chi connectivity index (χ1v) is 16.0. The molecule has 2 unspecified atom stereocenters. The van der Waals surface area contributed by atoms with Crippen molar-refractivity contribution in [2.24, 2.45) is 0 Å². The van der Waals surface area contributed by atoms with E-state index >= 15 is 0 Å². The number of aromatic nitrogens is 2. The SMILES string of the molecule is CCCCc1ccc2c(c1)C(C)(C)C1=C2c2cc3ccccc3c[n+]2C1=CC1(CC)[n+]2ccccc2C(=O)OC1(C)CC. The summed E-state index contributed by atoms with van der Waals surface area (Å²) in [6.45, 7) is 13.5. The second-order valence-corrected chi connectivity index (χ2v) is 13.3. The summed E-state index contributed by atoms with van der Waals surface area (Å²) in [5.41, 5.74) is 8.33. The van der Waals surface area contributed by atoms with Crippen LogP contribution in [0.3, 0.4) is 0 Å². The summed E-state index contributed by atoms with van der Waals surface area (Å²) >= 11 is 0. The van der Waals surface area contributed by atoms with Gasteiger partial charge in [-0.05, 0) is 60.4 Å². The van der Waals surface area contributed by atoms with E-state index in [0.29, 0.717) is 12.1 Å². The Kier molecular flexibility index (Phi) is 6.29. The Bertz CT molecular complexity index is 1880. The van der Waals surface area contributed by atoms with Crippen molar-refractivity contribution in [1.82, 2.24) is 0 Å². The Balaban J connectivity index is 1.55. The summed E-state index contributed by atoms with van der Waals surface area (Å²) in [5, 5.41) is 2.45. The molecule has 4 heteroatoms. The number of hydrogen-bond acceptors (Lipinski definition) is 2. The summed E-state index contributed by atoms with van der Waals surface area (Å²) in [4.78, 5) is 13.3. The number of unbranched alkanes of at least 4 members (excludes halogenated alkanes) is 1. The predicted octanol–water partition coefficient (Wildman–Crippen LogP) is 7.85. The fourth-order valence-corrected chi connectivity index (χ4v) is 8.03. The van der Waals surface area contributed by atoms with Crippen LogP contribution in [-0.2, 0) is 22.1 Å². The minimum absolute atomic E-state index is 0.204. The van der Waals surface area contributed by atoms with Gasteiger partial charge < -0.3 is 4.74 Å². The van der Waals surface area contributed by atoms with Crippen molar-refractivity contribution in [3.8, 4) is 0 Å². The van der Waals surface area contributed by atoms with Crippen LogP contribution in [0.2, 0.25) is 0 Å². The standard InChI is InChI=1S/C39H42N2O2/c1-7-10-15-26-19-20-29-30(22-26)37(4,5)35-33(40-25-28-17-12-11-16-27(28)23-32(40)34(29)35)24-39(9-3)38(6,8-2)43-36(42)31-18-13-14-21-41(31)39/h11-14,16-25H,7-10,15H2,1-6H3/q+2. The van der Waals surface area contributed by atoms with Gasteiger partial charge in [-0.3, -0.25) is 0 Å². The molecule has 0 saturated carbocycles. The van der Waals surface area contributed by atoms with Gasteiger partial charge in [0.1, 0.15) is 0 Å². The van der Waals surface area contributed by atoms with Gasteiger partial charge in [-0.15, -0.1) is 0 Å². The largest absolute Gasteiger partial charge is 0.444 e. The van der Waals surface area contributed by atoms with Gasteiger partial charge in [0, 0.05) is 41.0 Å². The van der Waals surface area contributed by atoms with Crippen LogP contribution in [0.25, 0.3) is 22.0 Å². The summed E-state index contributed by atoms with van der Waals surface area (Å²) in [6.07, 6.45) is 11.8. The lowest BCUT2D eigenvalue weighted by atomic mass is 9.72. The number of carbonyl (C=O) groups excluding carboxylic acids is 1. The van der Waals surface area contributed by atoms with Gasteiger partial charge in [-0.2, -0.15) is 9.13 Å². The third-order valence-corrected chi connectivity index (χ3v) is 10.6. The molecule has 1 aliphatic carbocycles. The first-order chi connectivity index (χ1) is 20.7. The van der Waals surface area contributed by atoms with E-state index in [-0.39, 0.29) is 11.4 Å². The predicted molar refractivity (Wildman–Crippen MR) is 172 cm³/mol. The van der Waals surface area contributed by atoms with Crippen LogP contribution < -0.4 is 9.13 Å². The van der Waals surface area contributed by atoms with E-state index in [0.717, 1.165) is 12.8 Å². The molecule has 3 aliphatic rings. The Morgan fingerprint density at radius 2 is 1.63 bits per heavy atom. The minimum Gasteiger partial charge on any atom is -0.444 e. The van der Waals surface area contributed by atoms with Gasteiger partial charge >= 0.3 is 5.97 Å². The van der Waals surface area contributed by atoms with Crippen molar-refractivity contribution >= 4 is 28.0 Å². The van der Waals surface area contributed by atoms with Gasteiger partial charge in [-0.25, -0.2) is 4.79 Å². The number of esters is 1. The summed E-state index contributed by atoms with van der Waals surface area (Å²) in [5.74, 6) is -0.258. The Morgan fingerprint density at radius 1 is 0.860 bits per heavy atom. The van der Waals surface area contributed by atoms with E-state index in [1.807, 2.05) is 18.2 Å². The first-order valence-electron chi connectivity index (χ1n) is 16.0. The van der Waals surface area contributed by atoms with Crippen molar-refractivity contribution in [3.63, 3.8) is 0 Å². The van der Waals surface area contributed by atoms with Gasteiger partial charge in [0.05, 0.1) is 11.6 Å². The van der Waals surface area contributed by atoms with E-state index in [1.54, 1.807) is 0 Å². The van der Waals surface area contributed by atoms with Crippen LogP contribution >= 0.6 is 0 Å². The highest BCUT2D eigenvalue weighted by molar-refractivity contribution is 6.00. The fourth-order valence-electron chi connectivity index (χ4n) is 8.03. The number of pyridine rings is 2. The number of aryl methyl sites for hydroxylation is 1. The Hall–Kier alpha value is -4.05. The summed E-state index contributed by atoms with van der Waals surface area (Å²) in [7, 11) is 0. The van der Waals surface area contributed by atoms with Crippen molar-refractivity contribution in [1.29, 1.82) is 0 Å². The Morgan fingerprint density at radius 3 is 2.37 bits per heavy atom. The Labute approximate surface area is 255 Å². The molecular formula is C39H42N2O2+2. The topological polar surface area (TPSA) is 34.1 Å².